The van der Waals surface area contributed by atoms with Gasteiger partial charge in [0.15, 0.2) is 5.82 Å². The Morgan fingerprint density at radius 3 is 2.67 bits per heavy atom. The van der Waals surface area contributed by atoms with E-state index < -0.39 is 11.9 Å². The van der Waals surface area contributed by atoms with Gasteiger partial charge in [-0.1, -0.05) is 72.2 Å². The second-order valence-electron chi connectivity index (χ2n) is 6.72. The predicted molar refractivity (Wildman–Crippen MR) is 104 cm³/mol. The molecular formula is C21H25N3O3. The first-order valence-electron chi connectivity index (χ1n) is 9.14. The third kappa shape index (κ3) is 4.93. The standard InChI is InChI=1S/C21H25N3O3/c1-3-23(13-17-9-7-8-16(2)12-17)14-19(25)15-24-20(22-27-21(24)26)18-10-5-4-6-11-18/h4-12,19,25H,3,13-15H2,1-2H3. The van der Waals surface area contributed by atoms with Gasteiger partial charge >= 0.3 is 5.76 Å². The third-order valence-corrected chi connectivity index (χ3v) is 4.52. The number of aromatic nitrogens is 2. The highest BCUT2D eigenvalue weighted by Crippen LogP contribution is 2.15. The minimum absolute atomic E-state index is 0.136. The maximum Gasteiger partial charge on any atom is 0.441 e. The fourth-order valence-corrected chi connectivity index (χ4v) is 3.16. The van der Waals surface area contributed by atoms with E-state index in [1.165, 1.54) is 15.7 Å². The Hall–Kier alpha value is -2.70. The smallest absolute Gasteiger partial charge is 0.390 e. The van der Waals surface area contributed by atoms with Crippen LogP contribution in [0.1, 0.15) is 18.1 Å². The van der Waals surface area contributed by atoms with E-state index in [1.54, 1.807) is 0 Å². The molecule has 6 heteroatoms. The maximum atomic E-state index is 12.0. The second kappa shape index (κ2) is 8.79. The molecular weight excluding hydrogens is 342 g/mol. The molecule has 6 nitrogen and oxygen atoms in total. The number of aliphatic hydroxyl groups is 1. The van der Waals surface area contributed by atoms with E-state index >= 15 is 0 Å². The summed E-state index contributed by atoms with van der Waals surface area (Å²) in [4.78, 5) is 14.2. The lowest BCUT2D eigenvalue weighted by Crippen LogP contribution is -2.36. The summed E-state index contributed by atoms with van der Waals surface area (Å²) in [6.07, 6.45) is -0.714. The highest BCUT2D eigenvalue weighted by molar-refractivity contribution is 5.54. The highest BCUT2D eigenvalue weighted by Gasteiger charge is 2.18. The Balaban J connectivity index is 1.69. The third-order valence-electron chi connectivity index (χ3n) is 4.52. The molecule has 0 aliphatic carbocycles. The summed E-state index contributed by atoms with van der Waals surface area (Å²) in [5.41, 5.74) is 3.20. The Morgan fingerprint density at radius 1 is 1.19 bits per heavy atom. The molecule has 0 saturated heterocycles. The van der Waals surface area contributed by atoms with Gasteiger partial charge in [-0.3, -0.25) is 14.0 Å². The van der Waals surface area contributed by atoms with Gasteiger partial charge < -0.3 is 5.11 Å². The molecule has 0 spiro atoms. The molecule has 1 N–H and O–H groups in total. The molecule has 0 amide bonds. The molecule has 3 aromatic rings. The molecule has 1 unspecified atom stereocenters. The zero-order valence-corrected chi connectivity index (χ0v) is 15.7. The first-order valence-corrected chi connectivity index (χ1v) is 9.14. The van der Waals surface area contributed by atoms with E-state index in [0.29, 0.717) is 12.4 Å². The average Bonchev–Trinajstić information content (AvgIpc) is 3.02. The van der Waals surface area contributed by atoms with Crippen LogP contribution in [0.15, 0.2) is 63.9 Å². The highest BCUT2D eigenvalue weighted by atomic mass is 16.5. The average molecular weight is 367 g/mol. The van der Waals surface area contributed by atoms with E-state index in [0.717, 1.165) is 18.7 Å². The van der Waals surface area contributed by atoms with Crippen molar-refractivity contribution in [2.75, 3.05) is 13.1 Å². The predicted octanol–water partition coefficient (Wildman–Crippen LogP) is 2.69. The lowest BCUT2D eigenvalue weighted by molar-refractivity contribution is 0.0957. The molecule has 0 fully saturated rings. The van der Waals surface area contributed by atoms with Crippen LogP contribution in [0.25, 0.3) is 11.4 Å². The Kier molecular flexibility index (Phi) is 6.21. The van der Waals surface area contributed by atoms with Crippen LogP contribution in [0.2, 0.25) is 0 Å². The molecule has 1 heterocycles. The quantitative estimate of drug-likeness (QED) is 0.663. The summed E-state index contributed by atoms with van der Waals surface area (Å²) in [7, 11) is 0. The largest absolute Gasteiger partial charge is 0.441 e. The summed E-state index contributed by atoms with van der Waals surface area (Å²) in [5.74, 6) is -0.129. The van der Waals surface area contributed by atoms with Crippen molar-refractivity contribution in [1.29, 1.82) is 0 Å². The number of aliphatic hydroxyl groups excluding tert-OH is 1. The molecule has 0 bridgehead atoms. The number of aryl methyl sites for hydroxylation is 1. The van der Waals surface area contributed by atoms with Crippen molar-refractivity contribution in [2.24, 2.45) is 0 Å². The molecule has 0 saturated carbocycles. The zero-order chi connectivity index (χ0) is 19.2. The molecule has 2 aromatic carbocycles. The van der Waals surface area contributed by atoms with Gasteiger partial charge in [-0.2, -0.15) is 0 Å². The SMILES string of the molecule is CCN(Cc1cccc(C)c1)CC(O)Cn1c(-c2ccccc2)noc1=O. The van der Waals surface area contributed by atoms with Gasteiger partial charge in [-0.05, 0) is 19.0 Å². The Bertz CT molecular complexity index is 918. The van der Waals surface area contributed by atoms with Gasteiger partial charge in [0.1, 0.15) is 0 Å². The fraction of sp³-hybridized carbons (Fsp3) is 0.333. The zero-order valence-electron chi connectivity index (χ0n) is 15.7. The van der Waals surface area contributed by atoms with Crippen LogP contribution in [0.3, 0.4) is 0 Å². The van der Waals surface area contributed by atoms with Crippen LogP contribution in [0.5, 0.6) is 0 Å². The normalized spacial score (nSPS) is 12.4. The van der Waals surface area contributed by atoms with Gasteiger partial charge in [-0.25, -0.2) is 4.79 Å². The van der Waals surface area contributed by atoms with Gasteiger partial charge in [0.2, 0.25) is 0 Å². The van der Waals surface area contributed by atoms with Crippen molar-refractivity contribution in [2.45, 2.75) is 33.0 Å². The van der Waals surface area contributed by atoms with E-state index in [9.17, 15) is 9.90 Å². The van der Waals surface area contributed by atoms with Crippen LogP contribution in [0.4, 0.5) is 0 Å². The lowest BCUT2D eigenvalue weighted by Gasteiger charge is -2.24. The molecule has 1 atom stereocenters. The summed E-state index contributed by atoms with van der Waals surface area (Å²) in [6.45, 7) is 6.27. The topological polar surface area (TPSA) is 71.5 Å². The number of nitrogens with zero attached hydrogens (tertiary/aromatic N) is 3. The molecule has 3 rings (SSSR count). The van der Waals surface area contributed by atoms with E-state index in [2.05, 4.69) is 42.1 Å². The van der Waals surface area contributed by atoms with Crippen molar-refractivity contribution >= 4 is 0 Å². The van der Waals surface area contributed by atoms with Gasteiger partial charge in [0.25, 0.3) is 0 Å². The van der Waals surface area contributed by atoms with Crippen LogP contribution >= 0.6 is 0 Å². The minimum Gasteiger partial charge on any atom is -0.390 e. The molecule has 0 aliphatic rings. The number of hydrogen-bond acceptors (Lipinski definition) is 5. The first kappa shape index (κ1) is 19.1. The van der Waals surface area contributed by atoms with E-state index in [-0.39, 0.29) is 6.54 Å². The van der Waals surface area contributed by atoms with Crippen molar-refractivity contribution in [1.82, 2.24) is 14.6 Å². The summed E-state index contributed by atoms with van der Waals surface area (Å²) in [6, 6.07) is 17.7. The monoisotopic (exact) mass is 367 g/mol. The number of rotatable bonds is 8. The van der Waals surface area contributed by atoms with Gasteiger partial charge in [0, 0.05) is 18.7 Å². The summed E-state index contributed by atoms with van der Waals surface area (Å²) < 4.78 is 6.21. The van der Waals surface area contributed by atoms with Crippen molar-refractivity contribution < 1.29 is 9.63 Å². The van der Waals surface area contributed by atoms with Gasteiger partial charge in [-0.15, -0.1) is 0 Å². The van der Waals surface area contributed by atoms with Crippen molar-refractivity contribution in [3.05, 3.63) is 76.3 Å². The maximum absolute atomic E-state index is 12.0. The van der Waals surface area contributed by atoms with Crippen molar-refractivity contribution in [3.63, 3.8) is 0 Å². The lowest BCUT2D eigenvalue weighted by atomic mass is 10.1. The molecule has 0 aliphatic heterocycles. The second-order valence-corrected chi connectivity index (χ2v) is 6.72. The molecule has 0 radical (unpaired) electrons. The van der Waals surface area contributed by atoms with Crippen LogP contribution in [-0.4, -0.2) is 38.9 Å². The van der Waals surface area contributed by atoms with Crippen molar-refractivity contribution in [3.8, 4) is 11.4 Å². The summed E-state index contributed by atoms with van der Waals surface area (Å²) in [5, 5.41) is 14.4. The number of benzene rings is 2. The van der Waals surface area contributed by atoms with Gasteiger partial charge in [0.05, 0.1) is 12.6 Å². The van der Waals surface area contributed by atoms with E-state index in [4.69, 9.17) is 4.52 Å². The fourth-order valence-electron chi connectivity index (χ4n) is 3.16. The van der Waals surface area contributed by atoms with Crippen LogP contribution in [0, 0.1) is 6.92 Å². The Labute approximate surface area is 158 Å². The first-order chi connectivity index (χ1) is 13.1. The molecule has 142 valence electrons. The Morgan fingerprint density at radius 2 is 1.96 bits per heavy atom. The van der Waals surface area contributed by atoms with E-state index in [1.807, 2.05) is 36.4 Å². The minimum atomic E-state index is -0.714. The summed E-state index contributed by atoms with van der Waals surface area (Å²) >= 11 is 0. The van der Waals surface area contributed by atoms with Crippen LogP contribution < -0.4 is 5.76 Å². The number of hydrogen-bond donors (Lipinski definition) is 1. The number of likely N-dealkylation sites (N-methyl/N-ethyl adjacent to an activating group) is 1. The van der Waals surface area contributed by atoms with Crippen LogP contribution in [-0.2, 0) is 13.1 Å². The molecule has 1 aromatic heterocycles. The molecule has 27 heavy (non-hydrogen) atoms.